The second-order valence-electron chi connectivity index (χ2n) is 4.02. The molecular formula is C12H40N6O2Si. The molecule has 12 N–H and O–H groups in total. The lowest BCUT2D eigenvalue weighted by molar-refractivity contribution is 0.249. The molecule has 0 unspecified atom stereocenters. The van der Waals surface area contributed by atoms with Gasteiger partial charge < -0.3 is 43.3 Å². The van der Waals surface area contributed by atoms with E-state index in [9.17, 15) is 0 Å². The van der Waals surface area contributed by atoms with Crippen LogP contribution in [0.4, 0.5) is 0 Å². The first-order valence-corrected chi connectivity index (χ1v) is 9.76. The molecule has 0 aliphatic rings. The lowest BCUT2D eigenvalue weighted by Crippen LogP contribution is -2.35. The van der Waals surface area contributed by atoms with Crippen molar-refractivity contribution in [3.05, 3.63) is 0 Å². The van der Waals surface area contributed by atoms with Gasteiger partial charge in [-0.05, 0) is 12.6 Å². The van der Waals surface area contributed by atoms with Crippen LogP contribution >= 0.6 is 0 Å². The van der Waals surface area contributed by atoms with E-state index >= 15 is 0 Å². The highest BCUT2D eigenvalue weighted by Gasteiger charge is 2.26. The van der Waals surface area contributed by atoms with Gasteiger partial charge in [-0.15, -0.1) is 0 Å². The molecule has 9 heteroatoms. The maximum atomic E-state index is 5.24. The Morgan fingerprint density at radius 1 is 0.667 bits per heavy atom. The third kappa shape index (κ3) is 38.3. The molecule has 0 radical (unpaired) electrons. The Morgan fingerprint density at radius 2 is 0.905 bits per heavy atom. The highest BCUT2D eigenvalue weighted by molar-refractivity contribution is 6.65. The third-order valence-electron chi connectivity index (χ3n) is 2.07. The van der Waals surface area contributed by atoms with Crippen molar-refractivity contribution in [2.75, 3.05) is 53.5 Å². The van der Waals surface area contributed by atoms with Crippen molar-refractivity contribution in [1.29, 1.82) is 0 Å². The Labute approximate surface area is 132 Å². The van der Waals surface area contributed by atoms with Crippen LogP contribution in [0.1, 0.15) is 13.3 Å². The number of nitrogens with two attached hydrogens (primary N) is 6. The Hall–Kier alpha value is -0.103. The van der Waals surface area contributed by atoms with Crippen molar-refractivity contribution in [1.82, 2.24) is 0 Å². The van der Waals surface area contributed by atoms with Crippen molar-refractivity contribution in [3.8, 4) is 0 Å². The fraction of sp³-hybridized carbons (Fsp3) is 1.00. The first-order valence-electron chi connectivity index (χ1n) is 7.23. The first-order chi connectivity index (χ1) is 9.92. The average Bonchev–Trinajstić information content (AvgIpc) is 2.55. The SMILES string of the molecule is CCC[Si](C)(OC)OC.NCCN.NCCN.NCCN. The molecule has 0 aromatic heterocycles. The minimum Gasteiger partial charge on any atom is -0.398 e. The van der Waals surface area contributed by atoms with Crippen LogP contribution in [-0.4, -0.2) is 62.0 Å². The van der Waals surface area contributed by atoms with Crippen LogP contribution in [0.2, 0.25) is 12.6 Å². The molecule has 0 aliphatic heterocycles. The van der Waals surface area contributed by atoms with Crippen LogP contribution in [0.15, 0.2) is 0 Å². The maximum Gasteiger partial charge on any atom is 0.334 e. The van der Waals surface area contributed by atoms with Gasteiger partial charge >= 0.3 is 8.56 Å². The van der Waals surface area contributed by atoms with Gasteiger partial charge in [0.2, 0.25) is 0 Å². The van der Waals surface area contributed by atoms with Crippen LogP contribution in [0.3, 0.4) is 0 Å². The summed E-state index contributed by atoms with van der Waals surface area (Å²) in [5.41, 5.74) is 29.4. The normalized spacial score (nSPS) is 9.43. The molecule has 0 atom stereocenters. The molecule has 0 rings (SSSR count). The van der Waals surface area contributed by atoms with E-state index in [0.29, 0.717) is 39.3 Å². The molecule has 0 bridgehead atoms. The zero-order valence-electron chi connectivity index (χ0n) is 14.4. The number of rotatable bonds is 7. The Morgan fingerprint density at radius 3 is 0.952 bits per heavy atom. The van der Waals surface area contributed by atoms with Gasteiger partial charge in [0.1, 0.15) is 0 Å². The monoisotopic (exact) mass is 328 g/mol. The number of hydrogen-bond acceptors (Lipinski definition) is 8. The lowest BCUT2D eigenvalue weighted by atomic mass is 10.6. The minimum absolute atomic E-state index is 0.597. The molecular weight excluding hydrogens is 288 g/mol. The summed E-state index contributed by atoms with van der Waals surface area (Å²) >= 11 is 0. The Bertz CT molecular complexity index is 138. The molecule has 0 aromatic carbocycles. The fourth-order valence-electron chi connectivity index (χ4n) is 0.742. The summed E-state index contributed by atoms with van der Waals surface area (Å²) in [5, 5.41) is 0. The van der Waals surface area contributed by atoms with Crippen molar-refractivity contribution in [3.63, 3.8) is 0 Å². The second-order valence-corrected chi connectivity index (χ2v) is 7.61. The van der Waals surface area contributed by atoms with Gasteiger partial charge in [-0.1, -0.05) is 13.3 Å². The van der Waals surface area contributed by atoms with Gasteiger partial charge in [0.25, 0.3) is 0 Å². The smallest absolute Gasteiger partial charge is 0.334 e. The standard InChI is InChI=1S/C6H16O2Si.3C2H8N2/c1-5-6-9(4,7-2)8-3;3*3-1-2-4/h5-6H2,1-4H3;3*1-4H2. The summed E-state index contributed by atoms with van der Waals surface area (Å²) in [6, 6.07) is 1.08. The summed E-state index contributed by atoms with van der Waals surface area (Å²) in [4.78, 5) is 0. The van der Waals surface area contributed by atoms with Crippen molar-refractivity contribution in [2.45, 2.75) is 25.9 Å². The van der Waals surface area contributed by atoms with E-state index < -0.39 is 8.56 Å². The molecule has 0 saturated carbocycles. The van der Waals surface area contributed by atoms with Crippen LogP contribution in [0, 0.1) is 0 Å². The van der Waals surface area contributed by atoms with Crippen molar-refractivity contribution >= 4 is 8.56 Å². The first kappa shape index (κ1) is 29.0. The zero-order valence-corrected chi connectivity index (χ0v) is 15.4. The highest BCUT2D eigenvalue weighted by Crippen LogP contribution is 2.12. The maximum absolute atomic E-state index is 5.24. The summed E-state index contributed by atoms with van der Waals surface area (Å²) < 4.78 is 10.5. The van der Waals surface area contributed by atoms with E-state index in [1.165, 1.54) is 0 Å². The predicted octanol–water partition coefficient (Wildman–Crippen LogP) is -1.53. The van der Waals surface area contributed by atoms with Gasteiger partial charge in [-0.3, -0.25) is 0 Å². The largest absolute Gasteiger partial charge is 0.398 e. The van der Waals surface area contributed by atoms with E-state index in [-0.39, 0.29) is 0 Å². The van der Waals surface area contributed by atoms with Gasteiger partial charge in [-0.2, -0.15) is 0 Å². The topological polar surface area (TPSA) is 175 Å². The van der Waals surface area contributed by atoms with E-state index in [1.54, 1.807) is 14.2 Å². The molecule has 0 spiro atoms. The van der Waals surface area contributed by atoms with E-state index in [2.05, 4.69) is 13.5 Å². The molecule has 0 aromatic rings. The van der Waals surface area contributed by atoms with Crippen LogP contribution in [0.5, 0.6) is 0 Å². The van der Waals surface area contributed by atoms with Crippen LogP contribution in [0.25, 0.3) is 0 Å². The lowest BCUT2D eigenvalue weighted by Gasteiger charge is -2.21. The number of hydrogen-bond donors (Lipinski definition) is 6. The fourth-order valence-corrected chi connectivity index (χ4v) is 2.22. The second kappa shape index (κ2) is 28.1. The predicted molar refractivity (Wildman–Crippen MR) is 95.1 cm³/mol. The zero-order chi connectivity index (χ0) is 17.6. The Balaban J connectivity index is -0.000000102. The summed E-state index contributed by atoms with van der Waals surface area (Å²) in [7, 11) is 1.76. The van der Waals surface area contributed by atoms with Crippen LogP contribution in [-0.2, 0) is 8.85 Å². The third-order valence-corrected chi connectivity index (χ3v) is 5.20. The summed E-state index contributed by atoms with van der Waals surface area (Å²) in [5.74, 6) is 0. The van der Waals surface area contributed by atoms with Crippen molar-refractivity contribution in [2.24, 2.45) is 34.4 Å². The van der Waals surface area contributed by atoms with E-state index in [1.807, 2.05) is 0 Å². The molecule has 0 amide bonds. The quantitative estimate of drug-likeness (QED) is 0.305. The van der Waals surface area contributed by atoms with Gasteiger partial charge in [0, 0.05) is 53.5 Å². The summed E-state index contributed by atoms with van der Waals surface area (Å²) in [6.07, 6.45) is 1.14. The molecule has 0 saturated heterocycles. The molecule has 134 valence electrons. The molecule has 21 heavy (non-hydrogen) atoms. The van der Waals surface area contributed by atoms with Gasteiger partial charge in [0.15, 0.2) is 0 Å². The molecule has 0 aliphatic carbocycles. The molecule has 0 heterocycles. The summed E-state index contributed by atoms with van der Waals surface area (Å²) in [6.45, 7) is 7.81. The van der Waals surface area contributed by atoms with Gasteiger partial charge in [-0.25, -0.2) is 0 Å². The highest BCUT2D eigenvalue weighted by atomic mass is 28.4. The average molecular weight is 329 g/mol. The van der Waals surface area contributed by atoms with Crippen molar-refractivity contribution < 1.29 is 8.85 Å². The molecule has 8 nitrogen and oxygen atoms in total. The van der Waals surface area contributed by atoms with E-state index in [4.69, 9.17) is 43.3 Å². The van der Waals surface area contributed by atoms with E-state index in [0.717, 1.165) is 12.5 Å². The van der Waals surface area contributed by atoms with Crippen LogP contribution < -0.4 is 34.4 Å². The Kier molecular flexibility index (Phi) is 38.8. The minimum atomic E-state index is -1.70. The van der Waals surface area contributed by atoms with Gasteiger partial charge in [0.05, 0.1) is 0 Å². The molecule has 0 fully saturated rings.